The minimum absolute atomic E-state index is 0.134. The summed E-state index contributed by atoms with van der Waals surface area (Å²) in [6.45, 7) is 2.31. The van der Waals surface area contributed by atoms with E-state index in [0.29, 0.717) is 83.9 Å². The van der Waals surface area contributed by atoms with Gasteiger partial charge in [0.1, 0.15) is 29.3 Å². The quantitative estimate of drug-likeness (QED) is 0.370. The molecule has 2 aromatic carbocycles. The Morgan fingerprint density at radius 3 is 2.75 bits per heavy atom. The lowest BCUT2D eigenvalue weighted by molar-refractivity contribution is 0.0928. The summed E-state index contributed by atoms with van der Waals surface area (Å²) in [6.07, 6.45) is 1.30. The van der Waals surface area contributed by atoms with Crippen LogP contribution in [0.4, 0.5) is 10.1 Å². The lowest BCUT2D eigenvalue weighted by atomic mass is 10.0. The van der Waals surface area contributed by atoms with Crippen LogP contribution in [0.2, 0.25) is 0 Å². The fourth-order valence-electron chi connectivity index (χ4n) is 6.03. The second kappa shape index (κ2) is 9.65. The van der Waals surface area contributed by atoms with Crippen molar-refractivity contribution in [1.82, 2.24) is 10.3 Å². The van der Waals surface area contributed by atoms with Gasteiger partial charge >= 0.3 is 0 Å². The highest BCUT2D eigenvalue weighted by molar-refractivity contribution is 5.97. The van der Waals surface area contributed by atoms with Crippen molar-refractivity contribution in [2.24, 2.45) is 11.8 Å². The number of anilines is 1. The molecule has 4 heterocycles. The number of carbonyl (C=O) groups excluding carboxylic acids is 1. The van der Waals surface area contributed by atoms with Crippen molar-refractivity contribution < 1.29 is 23.1 Å². The zero-order chi connectivity index (χ0) is 27.4. The monoisotopic (exact) mass is 538 g/mol. The van der Waals surface area contributed by atoms with Gasteiger partial charge in [-0.3, -0.25) is 9.78 Å². The molecule has 1 N–H and O–H groups in total. The van der Waals surface area contributed by atoms with Crippen LogP contribution in [-0.4, -0.2) is 56.5 Å². The van der Waals surface area contributed by atoms with Crippen molar-refractivity contribution >= 4 is 22.7 Å². The Hall–Kier alpha value is -4.42. The molecule has 2 saturated heterocycles. The number of halogens is 1. The van der Waals surface area contributed by atoms with Gasteiger partial charge in [0, 0.05) is 54.4 Å². The lowest BCUT2D eigenvalue weighted by Crippen LogP contribution is -2.29. The minimum atomic E-state index is -0.874. The summed E-state index contributed by atoms with van der Waals surface area (Å²) in [5, 5.41) is 13.0. The molecule has 2 unspecified atom stereocenters. The average Bonchev–Trinajstić information content (AvgIpc) is 3.46. The second-order valence-corrected chi connectivity index (χ2v) is 10.6. The van der Waals surface area contributed by atoms with Crippen LogP contribution >= 0.6 is 0 Å². The number of amides is 1. The number of carbonyl (C=O) groups is 1. The van der Waals surface area contributed by atoms with Crippen LogP contribution in [0.5, 0.6) is 5.75 Å². The Bertz CT molecular complexity index is 1670. The average molecular weight is 539 g/mol. The molecule has 202 valence electrons. The van der Waals surface area contributed by atoms with Crippen molar-refractivity contribution in [3.8, 4) is 34.3 Å². The molecule has 9 heteroatoms. The smallest absolute Gasteiger partial charge is 0.251 e. The Labute approximate surface area is 230 Å². The first-order valence-corrected chi connectivity index (χ1v) is 13.4. The number of nitriles is 1. The summed E-state index contributed by atoms with van der Waals surface area (Å²) in [7, 11) is 1.56. The van der Waals surface area contributed by atoms with Gasteiger partial charge in [-0.2, -0.15) is 5.26 Å². The first kappa shape index (κ1) is 24.6. The maximum Gasteiger partial charge on any atom is 0.251 e. The zero-order valence-corrected chi connectivity index (χ0v) is 21.9. The number of methoxy groups -OCH3 is 1. The van der Waals surface area contributed by atoms with Crippen molar-refractivity contribution in [2.45, 2.75) is 18.6 Å². The van der Waals surface area contributed by atoms with Gasteiger partial charge in [-0.25, -0.2) is 4.39 Å². The van der Waals surface area contributed by atoms with Crippen molar-refractivity contribution in [2.75, 3.05) is 38.3 Å². The van der Waals surface area contributed by atoms with Crippen LogP contribution in [0.15, 0.2) is 59.1 Å². The predicted molar refractivity (Wildman–Crippen MR) is 147 cm³/mol. The van der Waals surface area contributed by atoms with Crippen LogP contribution < -0.4 is 15.0 Å². The van der Waals surface area contributed by atoms with Crippen LogP contribution in [0.25, 0.3) is 33.6 Å². The Morgan fingerprint density at radius 1 is 1.15 bits per heavy atom. The normalized spacial score (nSPS) is 23.2. The topological polar surface area (TPSA) is 101 Å². The number of aromatic nitrogens is 1. The van der Waals surface area contributed by atoms with Crippen LogP contribution in [0.3, 0.4) is 0 Å². The molecule has 0 radical (unpaired) electrons. The number of hydrogen-bond acceptors (Lipinski definition) is 7. The van der Waals surface area contributed by atoms with Crippen molar-refractivity contribution in [3.05, 3.63) is 65.9 Å². The number of pyridine rings is 1. The summed E-state index contributed by atoms with van der Waals surface area (Å²) in [6, 6.07) is 17.0. The van der Waals surface area contributed by atoms with Gasteiger partial charge in [-0.05, 0) is 48.4 Å². The molecular weight excluding hydrogens is 511 g/mol. The van der Waals surface area contributed by atoms with Gasteiger partial charge < -0.3 is 24.1 Å². The number of furan rings is 1. The van der Waals surface area contributed by atoms with Crippen molar-refractivity contribution in [3.63, 3.8) is 0 Å². The first-order chi connectivity index (χ1) is 19.5. The molecule has 3 aliphatic rings. The van der Waals surface area contributed by atoms with Crippen LogP contribution in [0, 0.1) is 23.2 Å². The Balaban J connectivity index is 1.19. The Morgan fingerprint density at radius 2 is 2.00 bits per heavy atom. The van der Waals surface area contributed by atoms with E-state index < -0.39 is 6.17 Å². The molecule has 2 aliphatic heterocycles. The molecule has 1 aliphatic carbocycles. The van der Waals surface area contributed by atoms with Crippen molar-refractivity contribution in [1.29, 1.82) is 5.26 Å². The molecule has 40 heavy (non-hydrogen) atoms. The second-order valence-electron chi connectivity index (χ2n) is 10.6. The third kappa shape index (κ3) is 4.16. The molecule has 2 aromatic heterocycles. The summed E-state index contributed by atoms with van der Waals surface area (Å²) in [5.41, 5.74) is 5.26. The largest absolute Gasteiger partial charge is 0.496 e. The molecule has 4 aromatic rings. The summed E-state index contributed by atoms with van der Waals surface area (Å²) < 4.78 is 31.2. The summed E-state index contributed by atoms with van der Waals surface area (Å²) >= 11 is 0. The predicted octanol–water partition coefficient (Wildman–Crippen LogP) is 4.96. The Kier molecular flexibility index (Phi) is 5.93. The molecule has 3 fully saturated rings. The number of hydrogen-bond donors (Lipinski definition) is 1. The van der Waals surface area contributed by atoms with Crippen LogP contribution in [0.1, 0.15) is 22.3 Å². The van der Waals surface area contributed by atoms with Gasteiger partial charge in [0.05, 0.1) is 37.1 Å². The first-order valence-electron chi connectivity index (χ1n) is 13.4. The van der Waals surface area contributed by atoms with Gasteiger partial charge in [0.2, 0.25) is 0 Å². The van der Waals surface area contributed by atoms with Gasteiger partial charge in [0.25, 0.3) is 5.91 Å². The van der Waals surface area contributed by atoms with E-state index in [0.717, 1.165) is 16.8 Å². The van der Waals surface area contributed by atoms with E-state index in [4.69, 9.17) is 13.9 Å². The van der Waals surface area contributed by atoms with E-state index in [-0.39, 0.29) is 11.9 Å². The number of nitrogens with zero attached hydrogens (tertiary/aromatic N) is 3. The van der Waals surface area contributed by atoms with E-state index in [1.165, 1.54) is 0 Å². The standard InChI is InChI=1S/C31H27FN4O4/c1-38-27-11-18(31(37)35-29-23-15-39-16-24(23)29)2-4-22(27)28-12-25-30(40-28)21(6-8-34-25)17-3-5-26(19(10-17)13-33)36-9-7-20(32)14-36/h2-6,8,10-12,20,23-24,29H,7,9,14-16H2,1H3,(H,35,37)/t20-,23?,24?,29?/m1/s1. The fraction of sp³-hybridized carbons (Fsp3) is 0.323. The maximum absolute atomic E-state index is 13.8. The zero-order valence-electron chi connectivity index (χ0n) is 21.9. The number of rotatable bonds is 6. The molecule has 8 nitrogen and oxygen atoms in total. The van der Waals surface area contributed by atoms with E-state index in [2.05, 4.69) is 16.4 Å². The van der Waals surface area contributed by atoms with E-state index in [1.807, 2.05) is 41.3 Å². The number of fused-ring (bicyclic) bond motifs is 2. The van der Waals surface area contributed by atoms with E-state index >= 15 is 0 Å². The number of alkyl halides is 1. The molecular formula is C31H27FN4O4. The number of benzene rings is 2. The van der Waals surface area contributed by atoms with E-state index in [1.54, 1.807) is 25.4 Å². The molecule has 3 atom stereocenters. The highest BCUT2D eigenvalue weighted by Crippen LogP contribution is 2.44. The third-order valence-corrected chi connectivity index (χ3v) is 8.29. The SMILES string of the molecule is COc1cc(C(=O)NC2C3COCC32)ccc1-c1cc2nccc(-c3ccc(N4CC[C@@H](F)C4)c(C#N)c3)c2o1. The molecule has 7 rings (SSSR count). The van der Waals surface area contributed by atoms with E-state index in [9.17, 15) is 14.4 Å². The van der Waals surface area contributed by atoms with Gasteiger partial charge in [-0.1, -0.05) is 6.07 Å². The third-order valence-electron chi connectivity index (χ3n) is 8.29. The van der Waals surface area contributed by atoms with Crippen LogP contribution in [-0.2, 0) is 4.74 Å². The fourth-order valence-corrected chi connectivity index (χ4v) is 6.03. The summed E-state index contributed by atoms with van der Waals surface area (Å²) in [4.78, 5) is 19.3. The lowest BCUT2D eigenvalue weighted by Gasteiger charge is -2.19. The molecule has 0 spiro atoms. The molecule has 1 saturated carbocycles. The van der Waals surface area contributed by atoms with Gasteiger partial charge in [-0.15, -0.1) is 0 Å². The highest BCUT2D eigenvalue weighted by atomic mass is 19.1. The summed E-state index contributed by atoms with van der Waals surface area (Å²) in [5.74, 6) is 1.78. The molecule has 0 bridgehead atoms. The molecule has 1 amide bonds. The highest BCUT2D eigenvalue weighted by Gasteiger charge is 2.54. The number of nitrogens with one attached hydrogen (secondary N) is 1. The number of ether oxygens (including phenoxy) is 2. The maximum atomic E-state index is 13.8. The van der Waals surface area contributed by atoms with Gasteiger partial charge in [0.15, 0.2) is 5.58 Å². The minimum Gasteiger partial charge on any atom is -0.496 e.